The highest BCUT2D eigenvalue weighted by molar-refractivity contribution is 6.15. The number of esters is 1. The molecule has 10 N–H and O–H groups in total. The first kappa shape index (κ1) is 35.0. The Bertz CT molecular complexity index is 1320. The average Bonchev–Trinajstić information content (AvgIpc) is 3.33. The van der Waals surface area contributed by atoms with Crippen molar-refractivity contribution < 1.29 is 63.4 Å². The van der Waals surface area contributed by atoms with Crippen LogP contribution in [0.4, 0.5) is 5.69 Å². The zero-order valence-electron chi connectivity index (χ0n) is 24.0. The smallest absolute Gasteiger partial charge is 0.335 e. The number of carboxylic acids is 1. The molecule has 0 saturated carbocycles. The first-order valence-electron chi connectivity index (χ1n) is 13.7. The number of carboxylic acid groups (broad SMARTS) is 1. The molecule has 0 spiro atoms. The number of anilines is 1. The van der Waals surface area contributed by atoms with Crippen LogP contribution in [0.15, 0.2) is 30.4 Å². The van der Waals surface area contributed by atoms with Crippen molar-refractivity contribution in [2.24, 2.45) is 17.4 Å². The standard InChI is InChI=1S/C27H35N5O13/c1-12(9-28)26(42)43-11-13-2-3-16(44-27-22(38)20(36)21(37)23(45-27)25(40)41)14(8-13)31-17(33)6-7-30-24(39)15(10-29)32-18(34)4-5-19(32)35/h2-5,8,12,15,20-23,27,36-38H,6-7,9-11,28-29H2,1H3,(H,30,39)(H,31,33)(H,40,41)/t12?,15?,20-,21-,22+,23-,27+/m1/s1. The minimum atomic E-state index is -1.96. The predicted molar refractivity (Wildman–Crippen MR) is 149 cm³/mol. The van der Waals surface area contributed by atoms with Crippen LogP contribution in [0.5, 0.6) is 5.75 Å². The van der Waals surface area contributed by atoms with E-state index in [4.69, 9.17) is 25.7 Å². The number of rotatable bonds is 14. The molecule has 2 aliphatic rings. The Morgan fingerprint density at radius 3 is 2.29 bits per heavy atom. The fraction of sp³-hybridized carbons (Fsp3) is 0.481. The third kappa shape index (κ3) is 8.59. The number of imide groups is 1. The van der Waals surface area contributed by atoms with Crippen molar-refractivity contribution in [1.82, 2.24) is 10.2 Å². The molecule has 1 saturated heterocycles. The summed E-state index contributed by atoms with van der Waals surface area (Å²) >= 11 is 0. The number of benzene rings is 1. The summed E-state index contributed by atoms with van der Waals surface area (Å²) in [5.74, 6) is -5.82. The Kier molecular flexibility index (Phi) is 12.1. The first-order chi connectivity index (χ1) is 21.3. The van der Waals surface area contributed by atoms with Crippen molar-refractivity contribution in [3.8, 4) is 5.75 Å². The van der Waals surface area contributed by atoms with Crippen molar-refractivity contribution in [2.75, 3.05) is 25.0 Å². The van der Waals surface area contributed by atoms with E-state index in [9.17, 15) is 49.2 Å². The molecule has 0 radical (unpaired) electrons. The number of amides is 4. The molecule has 2 unspecified atom stereocenters. The Morgan fingerprint density at radius 1 is 1.02 bits per heavy atom. The lowest BCUT2D eigenvalue weighted by Crippen LogP contribution is -2.61. The van der Waals surface area contributed by atoms with Gasteiger partial charge in [0.05, 0.1) is 11.6 Å². The molecule has 45 heavy (non-hydrogen) atoms. The van der Waals surface area contributed by atoms with E-state index in [0.717, 1.165) is 12.2 Å². The van der Waals surface area contributed by atoms with Crippen molar-refractivity contribution in [2.45, 2.75) is 56.7 Å². The highest BCUT2D eigenvalue weighted by Gasteiger charge is 2.48. The number of ether oxygens (including phenoxy) is 3. The van der Waals surface area contributed by atoms with Crippen molar-refractivity contribution in [3.63, 3.8) is 0 Å². The molecule has 1 aromatic carbocycles. The SMILES string of the molecule is CC(CN)C(=O)OCc1ccc(O[C@H]2O[C@@H](C(=O)O)[C@H](O)[C@@H](O)[C@@H]2O)c(NC(=O)CCNC(=O)C(CN)N2C(=O)C=CC2=O)c1. The fourth-order valence-corrected chi connectivity index (χ4v) is 4.21. The van der Waals surface area contributed by atoms with E-state index in [2.05, 4.69) is 10.6 Å². The summed E-state index contributed by atoms with van der Waals surface area (Å²) < 4.78 is 16.0. The summed E-state index contributed by atoms with van der Waals surface area (Å²) in [4.78, 5) is 73.5. The van der Waals surface area contributed by atoms with E-state index in [1.165, 1.54) is 18.2 Å². The van der Waals surface area contributed by atoms with E-state index < -0.39 is 78.2 Å². The quantitative estimate of drug-likeness (QED) is 0.0719. The monoisotopic (exact) mass is 637 g/mol. The molecule has 0 bridgehead atoms. The van der Waals surface area contributed by atoms with Crippen LogP contribution in [0.3, 0.4) is 0 Å². The Labute approximate surface area is 255 Å². The number of aliphatic carboxylic acids is 1. The fourth-order valence-electron chi connectivity index (χ4n) is 4.21. The van der Waals surface area contributed by atoms with Crippen LogP contribution in [-0.4, -0.2) is 117 Å². The lowest BCUT2D eigenvalue weighted by Gasteiger charge is -2.38. The summed E-state index contributed by atoms with van der Waals surface area (Å²) in [6, 6.07) is 2.78. The number of aliphatic hydroxyl groups excluding tert-OH is 3. The molecule has 2 aliphatic heterocycles. The third-order valence-corrected chi connectivity index (χ3v) is 6.84. The molecule has 1 aromatic rings. The third-order valence-electron chi connectivity index (χ3n) is 6.84. The second kappa shape index (κ2) is 15.5. The lowest BCUT2D eigenvalue weighted by molar-refractivity contribution is -0.271. The van der Waals surface area contributed by atoms with Gasteiger partial charge in [0.15, 0.2) is 6.10 Å². The zero-order chi connectivity index (χ0) is 33.4. The van der Waals surface area contributed by atoms with E-state index in [1.54, 1.807) is 6.92 Å². The van der Waals surface area contributed by atoms with Gasteiger partial charge in [-0.05, 0) is 17.7 Å². The summed E-state index contributed by atoms with van der Waals surface area (Å²) in [5.41, 5.74) is 11.4. The molecular formula is C27H35N5O13. The van der Waals surface area contributed by atoms with Crippen LogP contribution < -0.4 is 26.8 Å². The number of nitrogens with zero attached hydrogens (tertiary/aromatic N) is 1. The van der Waals surface area contributed by atoms with E-state index in [-0.39, 0.29) is 44.1 Å². The molecular weight excluding hydrogens is 602 g/mol. The maximum Gasteiger partial charge on any atom is 0.335 e. The van der Waals surface area contributed by atoms with Crippen molar-refractivity contribution >= 4 is 41.3 Å². The van der Waals surface area contributed by atoms with E-state index in [1.807, 2.05) is 0 Å². The largest absolute Gasteiger partial charge is 0.479 e. The second-order valence-corrected chi connectivity index (χ2v) is 10.1. The number of nitrogens with two attached hydrogens (primary N) is 2. The highest BCUT2D eigenvalue weighted by atomic mass is 16.7. The Morgan fingerprint density at radius 2 is 1.69 bits per heavy atom. The maximum absolute atomic E-state index is 12.8. The molecule has 18 nitrogen and oxygen atoms in total. The van der Waals surface area contributed by atoms with E-state index >= 15 is 0 Å². The lowest BCUT2D eigenvalue weighted by atomic mass is 9.99. The topological polar surface area (TPSA) is 290 Å². The minimum Gasteiger partial charge on any atom is -0.479 e. The van der Waals surface area contributed by atoms with Gasteiger partial charge < -0.3 is 56.7 Å². The van der Waals surface area contributed by atoms with Crippen LogP contribution in [-0.2, 0) is 44.8 Å². The van der Waals surface area contributed by atoms with Crippen LogP contribution in [0, 0.1) is 5.92 Å². The van der Waals surface area contributed by atoms with Gasteiger partial charge in [0.25, 0.3) is 11.8 Å². The predicted octanol–water partition coefficient (Wildman–Crippen LogP) is -3.71. The van der Waals surface area contributed by atoms with Gasteiger partial charge in [-0.2, -0.15) is 0 Å². The van der Waals surface area contributed by atoms with Crippen LogP contribution in [0.25, 0.3) is 0 Å². The number of aliphatic hydroxyl groups is 3. The number of hydrogen-bond donors (Lipinski definition) is 8. The molecule has 0 aliphatic carbocycles. The van der Waals surface area contributed by atoms with Gasteiger partial charge in [-0.1, -0.05) is 13.0 Å². The first-order valence-corrected chi connectivity index (χ1v) is 13.7. The normalized spacial score (nSPS) is 24.1. The molecule has 246 valence electrons. The summed E-state index contributed by atoms with van der Waals surface area (Å²) in [7, 11) is 0. The van der Waals surface area contributed by atoms with Gasteiger partial charge in [0, 0.05) is 38.2 Å². The molecule has 2 heterocycles. The van der Waals surface area contributed by atoms with Crippen molar-refractivity contribution in [3.05, 3.63) is 35.9 Å². The van der Waals surface area contributed by atoms with Gasteiger partial charge in [0.2, 0.25) is 18.1 Å². The highest BCUT2D eigenvalue weighted by Crippen LogP contribution is 2.31. The summed E-state index contributed by atoms with van der Waals surface area (Å²) in [6.45, 7) is 0.786. The Hall–Kier alpha value is -4.46. The van der Waals surface area contributed by atoms with Gasteiger partial charge in [-0.25, -0.2) is 4.79 Å². The maximum atomic E-state index is 12.8. The summed E-state index contributed by atoms with van der Waals surface area (Å²) in [6.07, 6.45) is -7.88. The average molecular weight is 638 g/mol. The van der Waals surface area contributed by atoms with Gasteiger partial charge in [0.1, 0.15) is 36.7 Å². The molecule has 1 fully saturated rings. The number of carbonyl (C=O) groups is 6. The van der Waals surface area contributed by atoms with Crippen LogP contribution in [0.1, 0.15) is 18.9 Å². The molecule has 7 atom stereocenters. The molecule has 3 rings (SSSR count). The van der Waals surface area contributed by atoms with Crippen LogP contribution >= 0.6 is 0 Å². The Balaban J connectivity index is 1.73. The van der Waals surface area contributed by atoms with Gasteiger partial charge in [-0.3, -0.25) is 28.9 Å². The number of carbonyl (C=O) groups excluding carboxylic acids is 5. The number of nitrogens with one attached hydrogen (secondary N) is 2. The minimum absolute atomic E-state index is 0.0542. The summed E-state index contributed by atoms with van der Waals surface area (Å²) in [5, 5.41) is 44.7. The molecule has 18 heteroatoms. The number of hydrogen-bond acceptors (Lipinski definition) is 14. The molecule has 4 amide bonds. The van der Waals surface area contributed by atoms with Gasteiger partial charge in [-0.15, -0.1) is 0 Å². The van der Waals surface area contributed by atoms with Crippen LogP contribution in [0.2, 0.25) is 0 Å². The molecule has 0 aromatic heterocycles. The van der Waals surface area contributed by atoms with E-state index in [0.29, 0.717) is 10.5 Å². The van der Waals surface area contributed by atoms with Crippen molar-refractivity contribution in [1.29, 1.82) is 0 Å². The zero-order valence-corrected chi connectivity index (χ0v) is 24.0. The van der Waals surface area contributed by atoms with Gasteiger partial charge >= 0.3 is 11.9 Å². The second-order valence-electron chi connectivity index (χ2n) is 10.1.